The molecule has 2 aromatic rings. The molecule has 9 nitrogen and oxygen atoms in total. The van der Waals surface area contributed by atoms with Crippen LogP contribution in [0.2, 0.25) is 0 Å². The van der Waals surface area contributed by atoms with Gasteiger partial charge >= 0.3 is 23.9 Å². The molecule has 0 amide bonds. The number of carbonyl (C=O) groups is 5. The number of carbonyl (C=O) groups excluding carboxylic acids is 3. The van der Waals surface area contributed by atoms with E-state index in [1.807, 2.05) is 27.7 Å². The fourth-order valence-electron chi connectivity index (χ4n) is 4.78. The molecule has 9 heteroatoms. The molecule has 42 heavy (non-hydrogen) atoms. The molecule has 2 rings (SSSR count). The van der Waals surface area contributed by atoms with Crippen LogP contribution in [0.15, 0.2) is 36.4 Å². The topological polar surface area (TPSA) is 144 Å². The van der Waals surface area contributed by atoms with Crippen LogP contribution < -0.4 is 0 Å². The zero-order chi connectivity index (χ0) is 31.2. The molecule has 0 bridgehead atoms. The molecule has 228 valence electrons. The van der Waals surface area contributed by atoms with Gasteiger partial charge in [0, 0.05) is 11.1 Å². The van der Waals surface area contributed by atoms with Gasteiger partial charge in [0.2, 0.25) is 0 Å². The summed E-state index contributed by atoms with van der Waals surface area (Å²) in [6, 6.07) is 7.55. The summed E-state index contributed by atoms with van der Waals surface area (Å²) in [4.78, 5) is 65.0. The fraction of sp³-hybridized carbons (Fsp3) is 0.485. The molecule has 0 heterocycles. The first-order chi connectivity index (χ1) is 20.1. The van der Waals surface area contributed by atoms with Gasteiger partial charge in [-0.3, -0.25) is 4.79 Å². The predicted molar refractivity (Wildman–Crippen MR) is 158 cm³/mol. The van der Waals surface area contributed by atoms with Crippen molar-refractivity contribution >= 4 is 29.7 Å². The minimum atomic E-state index is -1.44. The number of carboxylic acids is 2. The number of benzene rings is 2. The standard InChI is InChI=1S/C33H42O9/c1-5-9-11-15-21(7-3)41-32(39)27-23(17-13-19-25(27)30(35)36)29(34)24-18-14-20-26(31(37)38)28(24)33(40)42-22(8-4)16-12-10-6-2/h13-14,17-22H,5-12,15-16H2,1-4H3,(H,35,36)(H,37,38). The highest BCUT2D eigenvalue weighted by Gasteiger charge is 2.32. The molecule has 0 saturated carbocycles. The summed E-state index contributed by atoms with van der Waals surface area (Å²) >= 11 is 0. The van der Waals surface area contributed by atoms with Gasteiger partial charge in [-0.15, -0.1) is 0 Å². The monoisotopic (exact) mass is 582 g/mol. The summed E-state index contributed by atoms with van der Waals surface area (Å²) in [5.74, 6) is -5.71. The molecule has 0 fully saturated rings. The fourth-order valence-corrected chi connectivity index (χ4v) is 4.78. The van der Waals surface area contributed by atoms with E-state index in [1.165, 1.54) is 36.4 Å². The number of ketones is 1. The molecule has 0 radical (unpaired) electrons. The second-order valence-corrected chi connectivity index (χ2v) is 10.3. The molecule has 2 N–H and O–H groups in total. The van der Waals surface area contributed by atoms with E-state index >= 15 is 0 Å². The van der Waals surface area contributed by atoms with Crippen LogP contribution >= 0.6 is 0 Å². The first-order valence-corrected chi connectivity index (χ1v) is 14.8. The maximum atomic E-state index is 14.0. The van der Waals surface area contributed by atoms with Crippen LogP contribution in [0.4, 0.5) is 0 Å². The molecular formula is C33H42O9. The van der Waals surface area contributed by atoms with Crippen molar-refractivity contribution < 1.29 is 43.7 Å². The third-order valence-corrected chi connectivity index (χ3v) is 7.20. The Hall–Kier alpha value is -4.01. The number of unbranched alkanes of at least 4 members (excludes halogenated alkanes) is 4. The number of esters is 2. The average Bonchev–Trinajstić information content (AvgIpc) is 2.98. The first-order valence-electron chi connectivity index (χ1n) is 14.8. The van der Waals surface area contributed by atoms with E-state index in [9.17, 15) is 34.2 Å². The van der Waals surface area contributed by atoms with E-state index in [2.05, 4.69) is 0 Å². The van der Waals surface area contributed by atoms with Crippen molar-refractivity contribution in [3.63, 3.8) is 0 Å². The van der Waals surface area contributed by atoms with Crippen molar-refractivity contribution in [2.45, 2.75) is 104 Å². The molecule has 0 aromatic heterocycles. The summed E-state index contributed by atoms with van der Waals surface area (Å²) in [6.45, 7) is 7.79. The third-order valence-electron chi connectivity index (χ3n) is 7.20. The van der Waals surface area contributed by atoms with E-state index in [4.69, 9.17) is 9.47 Å². The molecule has 0 spiro atoms. The Morgan fingerprint density at radius 2 is 0.952 bits per heavy atom. The lowest BCUT2D eigenvalue weighted by Gasteiger charge is -2.20. The van der Waals surface area contributed by atoms with E-state index < -0.39 is 64.1 Å². The minimum absolute atomic E-state index is 0.310. The Labute approximate surface area is 247 Å². The number of carboxylic acid groups (broad SMARTS) is 2. The lowest BCUT2D eigenvalue weighted by Crippen LogP contribution is -2.25. The second-order valence-electron chi connectivity index (χ2n) is 10.3. The van der Waals surface area contributed by atoms with Crippen LogP contribution in [0, 0.1) is 0 Å². The number of hydrogen-bond acceptors (Lipinski definition) is 7. The molecule has 0 aliphatic heterocycles. The van der Waals surface area contributed by atoms with Gasteiger partial charge < -0.3 is 19.7 Å². The van der Waals surface area contributed by atoms with Gasteiger partial charge in [-0.1, -0.05) is 77.6 Å². The molecule has 0 aliphatic carbocycles. The van der Waals surface area contributed by atoms with Gasteiger partial charge in [-0.2, -0.15) is 0 Å². The van der Waals surface area contributed by atoms with Crippen LogP contribution in [0.1, 0.15) is 149 Å². The lowest BCUT2D eigenvalue weighted by molar-refractivity contribution is 0.0255. The maximum absolute atomic E-state index is 14.0. The van der Waals surface area contributed by atoms with Crippen LogP contribution in [0.3, 0.4) is 0 Å². The highest BCUT2D eigenvalue weighted by Crippen LogP contribution is 2.26. The van der Waals surface area contributed by atoms with Gasteiger partial charge in [0.25, 0.3) is 0 Å². The summed E-state index contributed by atoms with van der Waals surface area (Å²) < 4.78 is 11.3. The van der Waals surface area contributed by atoms with E-state index in [1.54, 1.807) is 0 Å². The highest BCUT2D eigenvalue weighted by molar-refractivity contribution is 6.21. The normalized spacial score (nSPS) is 12.3. The van der Waals surface area contributed by atoms with Gasteiger partial charge in [0.1, 0.15) is 12.2 Å². The molecular weight excluding hydrogens is 540 g/mol. The maximum Gasteiger partial charge on any atom is 0.340 e. The van der Waals surface area contributed by atoms with Crippen molar-refractivity contribution in [2.24, 2.45) is 0 Å². The van der Waals surface area contributed by atoms with Gasteiger partial charge in [-0.25, -0.2) is 19.2 Å². The van der Waals surface area contributed by atoms with Gasteiger partial charge in [0.15, 0.2) is 5.78 Å². The van der Waals surface area contributed by atoms with Crippen molar-refractivity contribution in [3.8, 4) is 0 Å². The van der Waals surface area contributed by atoms with Gasteiger partial charge in [0.05, 0.1) is 22.3 Å². The SMILES string of the molecule is CCCCCC(CC)OC(=O)c1c(C(=O)O)cccc1C(=O)c1cccc(C(=O)O)c1C(=O)OC(CC)CCCCC. The Morgan fingerprint density at radius 3 is 1.26 bits per heavy atom. The Morgan fingerprint density at radius 1 is 0.595 bits per heavy atom. The molecule has 2 aromatic carbocycles. The summed E-state index contributed by atoms with van der Waals surface area (Å²) in [5, 5.41) is 19.7. The van der Waals surface area contributed by atoms with E-state index in [-0.39, 0.29) is 11.1 Å². The smallest absolute Gasteiger partial charge is 0.340 e. The van der Waals surface area contributed by atoms with Crippen molar-refractivity contribution in [2.75, 3.05) is 0 Å². The number of rotatable bonds is 18. The number of ether oxygens (including phenoxy) is 2. The summed E-state index contributed by atoms with van der Waals surface area (Å²) in [6.07, 6.45) is 6.69. The van der Waals surface area contributed by atoms with Crippen molar-refractivity contribution in [3.05, 3.63) is 69.8 Å². The third kappa shape index (κ3) is 8.99. The van der Waals surface area contributed by atoms with Gasteiger partial charge in [-0.05, 0) is 50.7 Å². The van der Waals surface area contributed by atoms with Crippen LogP contribution in [0.25, 0.3) is 0 Å². The molecule has 0 saturated heterocycles. The lowest BCUT2D eigenvalue weighted by atomic mass is 9.90. The van der Waals surface area contributed by atoms with E-state index in [0.29, 0.717) is 25.7 Å². The number of aromatic carboxylic acids is 2. The van der Waals surface area contributed by atoms with Crippen molar-refractivity contribution in [1.29, 1.82) is 0 Å². The Kier molecular flexibility index (Phi) is 13.9. The quantitative estimate of drug-likeness (QED) is 0.105. The van der Waals surface area contributed by atoms with Crippen LogP contribution in [0.5, 0.6) is 0 Å². The zero-order valence-corrected chi connectivity index (χ0v) is 24.9. The van der Waals surface area contributed by atoms with Crippen LogP contribution in [-0.4, -0.2) is 52.1 Å². The Balaban J connectivity index is 2.60. The minimum Gasteiger partial charge on any atom is -0.478 e. The molecule has 2 atom stereocenters. The average molecular weight is 583 g/mol. The van der Waals surface area contributed by atoms with E-state index in [0.717, 1.165) is 38.5 Å². The van der Waals surface area contributed by atoms with Crippen LogP contribution in [-0.2, 0) is 9.47 Å². The zero-order valence-electron chi connectivity index (χ0n) is 24.9. The highest BCUT2D eigenvalue weighted by atomic mass is 16.5. The molecule has 2 unspecified atom stereocenters. The Bertz CT molecular complexity index is 1170. The molecule has 0 aliphatic rings. The predicted octanol–water partition coefficient (Wildman–Crippen LogP) is 7.35. The van der Waals surface area contributed by atoms with Crippen molar-refractivity contribution in [1.82, 2.24) is 0 Å². The summed E-state index contributed by atoms with van der Waals surface area (Å²) in [7, 11) is 0. The number of hydrogen-bond donors (Lipinski definition) is 2. The first kappa shape index (κ1) is 34.2. The summed E-state index contributed by atoms with van der Waals surface area (Å²) in [5.41, 5.74) is -2.39. The second kappa shape index (κ2) is 17.1. The largest absolute Gasteiger partial charge is 0.478 e.